The van der Waals surface area contributed by atoms with Gasteiger partial charge in [-0.2, -0.15) is 0 Å². The Labute approximate surface area is 121 Å². The number of hydrogen-bond donors (Lipinski definition) is 0. The van der Waals surface area contributed by atoms with Crippen molar-refractivity contribution in [2.45, 2.75) is 26.9 Å². The van der Waals surface area contributed by atoms with Crippen molar-refractivity contribution in [3.8, 4) is 5.75 Å². The highest BCUT2D eigenvalue weighted by atomic mass is 16.5. The second-order valence-corrected chi connectivity index (χ2v) is 6.31. The molecular formula is C18H24O2. The monoisotopic (exact) mass is 272 g/mol. The first-order valence-electron chi connectivity index (χ1n) is 7.56. The SMILES string of the molecule is COc1ccccc1[C@@H]1OC[C@@H]2[C@@H](C)[C@@H]1C(C)=C[C@H]2C. The molecule has 3 rings (SSSR count). The number of methoxy groups -OCH3 is 1. The van der Waals surface area contributed by atoms with Crippen molar-refractivity contribution in [1.29, 1.82) is 0 Å². The molecule has 2 aliphatic rings. The first-order valence-corrected chi connectivity index (χ1v) is 7.56. The van der Waals surface area contributed by atoms with Crippen LogP contribution in [0.15, 0.2) is 35.9 Å². The highest BCUT2D eigenvalue weighted by Gasteiger charge is 2.44. The normalized spacial score (nSPS) is 36.4. The molecule has 108 valence electrons. The number of para-hydroxylation sites is 1. The number of hydrogen-bond acceptors (Lipinski definition) is 2. The fourth-order valence-electron chi connectivity index (χ4n) is 4.13. The minimum absolute atomic E-state index is 0.126. The second-order valence-electron chi connectivity index (χ2n) is 6.31. The largest absolute Gasteiger partial charge is 0.496 e. The van der Waals surface area contributed by atoms with Crippen LogP contribution in [-0.2, 0) is 4.74 Å². The molecule has 1 aliphatic heterocycles. The Morgan fingerprint density at radius 3 is 2.70 bits per heavy atom. The maximum Gasteiger partial charge on any atom is 0.124 e. The maximum absolute atomic E-state index is 6.26. The van der Waals surface area contributed by atoms with E-state index in [0.29, 0.717) is 23.7 Å². The van der Waals surface area contributed by atoms with Crippen LogP contribution in [0.25, 0.3) is 0 Å². The van der Waals surface area contributed by atoms with Crippen LogP contribution in [0.3, 0.4) is 0 Å². The molecule has 0 unspecified atom stereocenters. The summed E-state index contributed by atoms with van der Waals surface area (Å²) in [6.07, 6.45) is 2.57. The first-order chi connectivity index (χ1) is 9.63. The third kappa shape index (κ3) is 2.07. The fraction of sp³-hybridized carbons (Fsp3) is 0.556. The molecule has 0 aromatic heterocycles. The zero-order valence-electron chi connectivity index (χ0n) is 12.8. The zero-order valence-corrected chi connectivity index (χ0v) is 12.8. The quantitative estimate of drug-likeness (QED) is 0.750. The van der Waals surface area contributed by atoms with E-state index in [0.717, 1.165) is 12.4 Å². The third-order valence-corrected chi connectivity index (χ3v) is 5.21. The fourth-order valence-corrected chi connectivity index (χ4v) is 4.13. The van der Waals surface area contributed by atoms with Gasteiger partial charge < -0.3 is 9.47 Å². The summed E-state index contributed by atoms with van der Waals surface area (Å²) in [5, 5.41) is 0. The predicted octanol–water partition coefficient (Wildman–Crippen LogP) is 4.23. The molecule has 2 heteroatoms. The zero-order chi connectivity index (χ0) is 14.3. The topological polar surface area (TPSA) is 18.5 Å². The van der Waals surface area contributed by atoms with Crippen molar-refractivity contribution in [3.05, 3.63) is 41.5 Å². The molecule has 2 nitrogen and oxygen atoms in total. The number of fused-ring (bicyclic) bond motifs is 2. The van der Waals surface area contributed by atoms with Gasteiger partial charge in [0.1, 0.15) is 5.75 Å². The van der Waals surface area contributed by atoms with E-state index < -0.39 is 0 Å². The smallest absolute Gasteiger partial charge is 0.124 e. The molecular weight excluding hydrogens is 248 g/mol. The van der Waals surface area contributed by atoms with E-state index in [1.807, 2.05) is 12.1 Å². The number of rotatable bonds is 2. The second kappa shape index (κ2) is 5.25. The van der Waals surface area contributed by atoms with Crippen LogP contribution in [0.5, 0.6) is 5.75 Å². The lowest BCUT2D eigenvalue weighted by atomic mass is 9.64. The van der Waals surface area contributed by atoms with Gasteiger partial charge in [-0.25, -0.2) is 0 Å². The molecule has 1 fully saturated rings. The van der Waals surface area contributed by atoms with Crippen molar-refractivity contribution in [1.82, 2.24) is 0 Å². The van der Waals surface area contributed by atoms with Gasteiger partial charge in [-0.1, -0.05) is 43.7 Å². The summed E-state index contributed by atoms with van der Waals surface area (Å²) in [5.74, 6) is 3.35. The van der Waals surface area contributed by atoms with Gasteiger partial charge >= 0.3 is 0 Å². The molecule has 0 saturated carbocycles. The van der Waals surface area contributed by atoms with Gasteiger partial charge in [-0.05, 0) is 30.7 Å². The van der Waals surface area contributed by atoms with E-state index in [4.69, 9.17) is 9.47 Å². The summed E-state index contributed by atoms with van der Waals surface area (Å²) in [6, 6.07) is 8.26. The van der Waals surface area contributed by atoms with Gasteiger partial charge in [0.05, 0.1) is 19.8 Å². The lowest BCUT2D eigenvalue weighted by Gasteiger charge is -2.47. The summed E-state index contributed by atoms with van der Waals surface area (Å²) in [6.45, 7) is 7.80. The molecule has 1 aromatic carbocycles. The lowest BCUT2D eigenvalue weighted by molar-refractivity contribution is -0.0941. The minimum Gasteiger partial charge on any atom is -0.496 e. The van der Waals surface area contributed by atoms with Crippen LogP contribution in [-0.4, -0.2) is 13.7 Å². The average molecular weight is 272 g/mol. The average Bonchev–Trinajstić information content (AvgIpc) is 2.44. The maximum atomic E-state index is 6.26. The third-order valence-electron chi connectivity index (χ3n) is 5.21. The molecule has 0 radical (unpaired) electrons. The standard InChI is InChI=1S/C18H24O2/c1-11-9-12(2)17-13(3)15(11)10-20-18(17)14-7-5-6-8-16(14)19-4/h5-9,11,13,15,17-18H,10H2,1-4H3/t11-,13-,15+,17+,18+/m1/s1. The molecule has 1 saturated heterocycles. The summed E-state index contributed by atoms with van der Waals surface area (Å²) in [4.78, 5) is 0. The Balaban J connectivity index is 2.01. The van der Waals surface area contributed by atoms with Gasteiger partial charge in [0.15, 0.2) is 0 Å². The van der Waals surface area contributed by atoms with Crippen molar-refractivity contribution in [3.63, 3.8) is 0 Å². The molecule has 1 aliphatic carbocycles. The summed E-state index contributed by atoms with van der Waals surface area (Å²) >= 11 is 0. The van der Waals surface area contributed by atoms with Gasteiger partial charge in [0.25, 0.3) is 0 Å². The molecule has 0 spiro atoms. The highest BCUT2D eigenvalue weighted by molar-refractivity contribution is 5.37. The van der Waals surface area contributed by atoms with E-state index in [-0.39, 0.29) is 6.10 Å². The Morgan fingerprint density at radius 1 is 1.20 bits per heavy atom. The molecule has 2 bridgehead atoms. The van der Waals surface area contributed by atoms with Crippen LogP contribution in [0.2, 0.25) is 0 Å². The van der Waals surface area contributed by atoms with Crippen LogP contribution < -0.4 is 4.74 Å². The van der Waals surface area contributed by atoms with Gasteiger partial charge in [-0.15, -0.1) is 0 Å². The van der Waals surface area contributed by atoms with Gasteiger partial charge in [-0.3, -0.25) is 0 Å². The molecule has 1 heterocycles. The van der Waals surface area contributed by atoms with Crippen LogP contribution in [0.4, 0.5) is 0 Å². The minimum atomic E-state index is 0.126. The van der Waals surface area contributed by atoms with Crippen molar-refractivity contribution >= 4 is 0 Å². The molecule has 0 N–H and O–H groups in total. The Bertz CT molecular complexity index is 520. The Kier molecular flexibility index (Phi) is 3.59. The summed E-state index contributed by atoms with van der Waals surface area (Å²) in [7, 11) is 1.74. The van der Waals surface area contributed by atoms with Crippen LogP contribution in [0, 0.1) is 23.7 Å². The van der Waals surface area contributed by atoms with Crippen molar-refractivity contribution in [2.24, 2.45) is 23.7 Å². The molecule has 5 atom stereocenters. The summed E-state index contributed by atoms with van der Waals surface area (Å²) in [5.41, 5.74) is 2.66. The van der Waals surface area contributed by atoms with E-state index in [1.165, 1.54) is 11.1 Å². The van der Waals surface area contributed by atoms with E-state index in [2.05, 4.69) is 39.0 Å². The Hall–Kier alpha value is -1.28. The predicted molar refractivity (Wildman–Crippen MR) is 80.8 cm³/mol. The Morgan fingerprint density at radius 2 is 1.95 bits per heavy atom. The molecule has 0 amide bonds. The number of ether oxygens (including phenoxy) is 2. The first kappa shape index (κ1) is 13.7. The van der Waals surface area contributed by atoms with Crippen molar-refractivity contribution in [2.75, 3.05) is 13.7 Å². The van der Waals surface area contributed by atoms with E-state index in [9.17, 15) is 0 Å². The highest BCUT2D eigenvalue weighted by Crippen LogP contribution is 2.50. The van der Waals surface area contributed by atoms with Gasteiger partial charge in [0.2, 0.25) is 0 Å². The van der Waals surface area contributed by atoms with Crippen molar-refractivity contribution < 1.29 is 9.47 Å². The summed E-state index contributed by atoms with van der Waals surface area (Å²) < 4.78 is 11.8. The van der Waals surface area contributed by atoms with Gasteiger partial charge in [0, 0.05) is 11.5 Å². The number of allylic oxidation sites excluding steroid dienone is 1. The molecule has 1 aromatic rings. The van der Waals surface area contributed by atoms with E-state index >= 15 is 0 Å². The number of benzene rings is 1. The van der Waals surface area contributed by atoms with E-state index in [1.54, 1.807) is 7.11 Å². The van der Waals surface area contributed by atoms with Crippen LogP contribution >= 0.6 is 0 Å². The lowest BCUT2D eigenvalue weighted by Crippen LogP contribution is -2.42. The van der Waals surface area contributed by atoms with Crippen LogP contribution in [0.1, 0.15) is 32.4 Å². The molecule has 20 heavy (non-hydrogen) atoms.